The molecule has 0 fully saturated rings. The molecule has 32 heavy (non-hydrogen) atoms. The molecule has 4 nitrogen and oxygen atoms in total. The van der Waals surface area contributed by atoms with Crippen molar-refractivity contribution in [1.29, 1.82) is 0 Å². The monoisotopic (exact) mass is 437 g/mol. The Balaban J connectivity index is 1.83. The predicted octanol–water partition coefficient (Wildman–Crippen LogP) is 6.04. The van der Waals surface area contributed by atoms with Crippen molar-refractivity contribution in [2.24, 2.45) is 5.73 Å². The van der Waals surface area contributed by atoms with E-state index in [-0.39, 0.29) is 5.56 Å². The number of halogens is 1. The van der Waals surface area contributed by atoms with Crippen molar-refractivity contribution >= 4 is 22.5 Å². The van der Waals surface area contributed by atoms with Crippen molar-refractivity contribution in [3.63, 3.8) is 0 Å². The highest BCUT2D eigenvalue weighted by Crippen LogP contribution is 2.35. The minimum atomic E-state index is -0.174. The summed E-state index contributed by atoms with van der Waals surface area (Å²) in [6, 6.07) is 27.5. The highest BCUT2D eigenvalue weighted by Gasteiger charge is 2.16. The van der Waals surface area contributed by atoms with Crippen molar-refractivity contribution in [3.8, 4) is 33.5 Å². The Morgan fingerprint density at radius 1 is 0.812 bits per heavy atom. The van der Waals surface area contributed by atoms with E-state index in [4.69, 9.17) is 22.3 Å². The van der Waals surface area contributed by atoms with Crippen LogP contribution in [-0.4, -0.2) is 9.97 Å². The Hall–Kier alpha value is -3.73. The van der Waals surface area contributed by atoms with Crippen LogP contribution in [-0.2, 0) is 6.54 Å². The van der Waals surface area contributed by atoms with Gasteiger partial charge in [0.1, 0.15) is 0 Å². The molecule has 0 spiro atoms. The fourth-order valence-electron chi connectivity index (χ4n) is 3.88. The van der Waals surface area contributed by atoms with Gasteiger partial charge >= 0.3 is 0 Å². The number of rotatable bonds is 4. The summed E-state index contributed by atoms with van der Waals surface area (Å²) in [5.74, 6) is 0. The molecular formula is C27H20ClN3O. The topological polar surface area (TPSA) is 71.8 Å². The summed E-state index contributed by atoms with van der Waals surface area (Å²) in [6.07, 6.45) is 1.71. The van der Waals surface area contributed by atoms with Crippen molar-refractivity contribution in [3.05, 3.63) is 112 Å². The van der Waals surface area contributed by atoms with Gasteiger partial charge in [-0.15, -0.1) is 0 Å². The molecule has 5 rings (SSSR count). The van der Waals surface area contributed by atoms with E-state index in [2.05, 4.69) is 4.98 Å². The molecule has 5 heteroatoms. The number of fused-ring (bicyclic) bond motifs is 1. The molecule has 0 aliphatic carbocycles. The molecule has 0 unspecified atom stereocenters. The van der Waals surface area contributed by atoms with Crippen LogP contribution < -0.4 is 11.3 Å². The molecule has 0 saturated heterocycles. The van der Waals surface area contributed by atoms with E-state index in [1.807, 2.05) is 84.9 Å². The Morgan fingerprint density at radius 2 is 1.47 bits per heavy atom. The molecule has 5 aromatic rings. The Kier molecular flexibility index (Phi) is 5.31. The second kappa shape index (κ2) is 8.42. The third-order valence-corrected chi connectivity index (χ3v) is 5.82. The van der Waals surface area contributed by atoms with Crippen LogP contribution in [0.3, 0.4) is 0 Å². The van der Waals surface area contributed by atoms with Gasteiger partial charge in [-0.3, -0.25) is 4.79 Å². The van der Waals surface area contributed by atoms with E-state index in [0.717, 1.165) is 39.1 Å². The highest BCUT2D eigenvalue weighted by atomic mass is 35.5. The lowest BCUT2D eigenvalue weighted by molar-refractivity contribution is 1.07. The third kappa shape index (κ3) is 3.71. The van der Waals surface area contributed by atoms with Gasteiger partial charge in [0, 0.05) is 34.5 Å². The summed E-state index contributed by atoms with van der Waals surface area (Å²) in [6.45, 7) is 0.479. The van der Waals surface area contributed by atoms with Gasteiger partial charge in [0.25, 0.3) is 5.56 Å². The zero-order valence-electron chi connectivity index (χ0n) is 17.2. The largest absolute Gasteiger partial charge is 0.328 e. The molecule has 3 N–H and O–H groups in total. The number of H-pyrrole nitrogens is 1. The summed E-state index contributed by atoms with van der Waals surface area (Å²) >= 11 is 6.08. The minimum absolute atomic E-state index is 0.174. The van der Waals surface area contributed by atoms with Crippen molar-refractivity contribution in [2.75, 3.05) is 0 Å². The van der Waals surface area contributed by atoms with Crippen LogP contribution >= 0.6 is 11.6 Å². The number of nitrogens with two attached hydrogens (primary N) is 1. The zero-order chi connectivity index (χ0) is 22.1. The average Bonchev–Trinajstić information content (AvgIpc) is 2.85. The second-order valence-electron chi connectivity index (χ2n) is 7.59. The van der Waals surface area contributed by atoms with Gasteiger partial charge in [0.2, 0.25) is 0 Å². The zero-order valence-corrected chi connectivity index (χ0v) is 17.9. The van der Waals surface area contributed by atoms with E-state index >= 15 is 0 Å². The van der Waals surface area contributed by atoms with Crippen LogP contribution in [0, 0.1) is 0 Å². The smallest absolute Gasteiger partial charge is 0.257 e. The standard InChI is InChI=1S/C27H20ClN3O/c28-21-12-10-19(11-13-21)24-16-30-27(32)23-14-22(18-4-2-1-3-5-18)25(31-26(23)24)20-8-6-17(15-29)7-9-20/h1-14,16H,15,29H2,(H,30,32). The summed E-state index contributed by atoms with van der Waals surface area (Å²) < 4.78 is 0. The molecule has 0 aliphatic rings. The quantitative estimate of drug-likeness (QED) is 0.360. The highest BCUT2D eigenvalue weighted by molar-refractivity contribution is 6.30. The van der Waals surface area contributed by atoms with E-state index < -0.39 is 0 Å². The number of pyridine rings is 2. The van der Waals surface area contributed by atoms with Gasteiger partial charge in [0.05, 0.1) is 16.6 Å². The van der Waals surface area contributed by atoms with E-state index in [0.29, 0.717) is 22.5 Å². The first-order valence-electron chi connectivity index (χ1n) is 10.3. The first-order chi connectivity index (χ1) is 15.6. The number of nitrogens with zero attached hydrogens (tertiary/aromatic N) is 1. The van der Waals surface area contributed by atoms with Crippen LogP contribution in [0.4, 0.5) is 0 Å². The number of benzene rings is 3. The Bertz CT molecular complexity index is 1460. The van der Waals surface area contributed by atoms with Gasteiger partial charge < -0.3 is 10.7 Å². The maximum absolute atomic E-state index is 12.8. The molecule has 0 radical (unpaired) electrons. The maximum atomic E-state index is 12.8. The van der Waals surface area contributed by atoms with Crippen LogP contribution in [0.5, 0.6) is 0 Å². The summed E-state index contributed by atoms with van der Waals surface area (Å²) in [5.41, 5.74) is 12.8. The van der Waals surface area contributed by atoms with Crippen molar-refractivity contribution < 1.29 is 0 Å². The summed E-state index contributed by atoms with van der Waals surface area (Å²) in [7, 11) is 0. The van der Waals surface area contributed by atoms with Crippen molar-refractivity contribution in [2.45, 2.75) is 6.54 Å². The van der Waals surface area contributed by atoms with Gasteiger partial charge in [-0.1, -0.05) is 78.3 Å². The van der Waals surface area contributed by atoms with E-state index in [1.165, 1.54) is 0 Å². The molecule has 156 valence electrons. The molecule has 2 heterocycles. The van der Waals surface area contributed by atoms with Gasteiger partial charge in [0.15, 0.2) is 0 Å². The Morgan fingerprint density at radius 3 is 2.16 bits per heavy atom. The lowest BCUT2D eigenvalue weighted by Crippen LogP contribution is -2.08. The molecule has 2 aromatic heterocycles. The maximum Gasteiger partial charge on any atom is 0.257 e. The lowest BCUT2D eigenvalue weighted by Gasteiger charge is -2.14. The first-order valence-corrected chi connectivity index (χ1v) is 10.7. The predicted molar refractivity (Wildman–Crippen MR) is 132 cm³/mol. The van der Waals surface area contributed by atoms with E-state index in [9.17, 15) is 4.79 Å². The third-order valence-electron chi connectivity index (χ3n) is 5.57. The van der Waals surface area contributed by atoms with Gasteiger partial charge in [-0.25, -0.2) is 4.98 Å². The van der Waals surface area contributed by atoms with Crippen LogP contribution in [0.2, 0.25) is 5.02 Å². The second-order valence-corrected chi connectivity index (χ2v) is 8.02. The molecule has 0 atom stereocenters. The molecule has 0 bridgehead atoms. The molecule has 0 saturated carbocycles. The van der Waals surface area contributed by atoms with Crippen LogP contribution in [0.25, 0.3) is 44.4 Å². The van der Waals surface area contributed by atoms with Gasteiger partial charge in [-0.2, -0.15) is 0 Å². The number of hydrogen-bond donors (Lipinski definition) is 2. The molecule has 0 amide bonds. The van der Waals surface area contributed by atoms with Crippen LogP contribution in [0.1, 0.15) is 5.56 Å². The number of aromatic amines is 1. The summed E-state index contributed by atoms with van der Waals surface area (Å²) in [5, 5.41) is 1.20. The first kappa shape index (κ1) is 20.2. The number of aromatic nitrogens is 2. The SMILES string of the molecule is NCc1ccc(-c2nc3c(-c4ccc(Cl)cc4)c[nH]c(=O)c3cc2-c2ccccc2)cc1. The molecule has 0 aliphatic heterocycles. The number of hydrogen-bond acceptors (Lipinski definition) is 3. The van der Waals surface area contributed by atoms with Crippen LogP contribution in [0.15, 0.2) is 95.9 Å². The average molecular weight is 438 g/mol. The molecule has 3 aromatic carbocycles. The van der Waals surface area contributed by atoms with Gasteiger partial charge in [-0.05, 0) is 34.9 Å². The molecular weight excluding hydrogens is 418 g/mol. The lowest BCUT2D eigenvalue weighted by atomic mass is 9.95. The minimum Gasteiger partial charge on any atom is -0.328 e. The fraction of sp³-hybridized carbons (Fsp3) is 0.0370. The van der Waals surface area contributed by atoms with E-state index in [1.54, 1.807) is 6.20 Å². The summed E-state index contributed by atoms with van der Waals surface area (Å²) in [4.78, 5) is 20.7. The fourth-order valence-corrected chi connectivity index (χ4v) is 4.01. The number of nitrogens with one attached hydrogen (secondary N) is 1. The Labute approximate surface area is 190 Å². The van der Waals surface area contributed by atoms with Crippen molar-refractivity contribution in [1.82, 2.24) is 9.97 Å². The normalized spacial score (nSPS) is 11.1.